The van der Waals surface area contributed by atoms with Crippen LogP contribution in [-0.2, 0) is 4.79 Å². The number of aromatic nitrogens is 1. The lowest BCUT2D eigenvalue weighted by Gasteiger charge is -2.22. The average Bonchev–Trinajstić information content (AvgIpc) is 2.62. The number of nitrogens with two attached hydrogens (primary N) is 2. The third-order valence-electron chi connectivity index (χ3n) is 3.23. The molecular formula is C11H15BrN4O. The molecule has 0 aliphatic carbocycles. The van der Waals surface area contributed by atoms with Crippen LogP contribution in [0.1, 0.15) is 13.3 Å². The monoisotopic (exact) mass is 298 g/mol. The summed E-state index contributed by atoms with van der Waals surface area (Å²) < 4.78 is 0.843. The maximum atomic E-state index is 11.4. The number of nitrogen functional groups attached to an aromatic ring is 1. The summed E-state index contributed by atoms with van der Waals surface area (Å²) in [6, 6.07) is 1.81. The first kappa shape index (κ1) is 12.2. The number of anilines is 2. The number of pyridine rings is 1. The van der Waals surface area contributed by atoms with Gasteiger partial charge in [-0.3, -0.25) is 4.79 Å². The molecule has 0 bridgehead atoms. The quantitative estimate of drug-likeness (QED) is 0.857. The van der Waals surface area contributed by atoms with E-state index in [0.717, 1.165) is 23.3 Å². The Hall–Kier alpha value is -1.30. The zero-order valence-electron chi connectivity index (χ0n) is 9.61. The molecule has 2 rings (SSSR count). The number of hydrogen-bond acceptors (Lipinski definition) is 4. The molecular weight excluding hydrogens is 284 g/mol. The van der Waals surface area contributed by atoms with Crippen LogP contribution in [0, 0.1) is 5.41 Å². The Bertz CT molecular complexity index is 465. The minimum absolute atomic E-state index is 0.268. The van der Waals surface area contributed by atoms with Crippen LogP contribution >= 0.6 is 15.9 Å². The van der Waals surface area contributed by atoms with E-state index in [0.29, 0.717) is 12.2 Å². The average molecular weight is 299 g/mol. The van der Waals surface area contributed by atoms with Crippen molar-refractivity contribution in [1.82, 2.24) is 4.98 Å². The largest absolute Gasteiger partial charge is 0.396 e. The van der Waals surface area contributed by atoms with Crippen molar-refractivity contribution in [3.05, 3.63) is 16.7 Å². The van der Waals surface area contributed by atoms with E-state index in [1.54, 1.807) is 6.20 Å². The number of hydrogen-bond donors (Lipinski definition) is 2. The minimum atomic E-state index is -0.485. The molecule has 5 nitrogen and oxygen atoms in total. The lowest BCUT2D eigenvalue weighted by molar-refractivity contribution is -0.125. The molecule has 92 valence electrons. The fourth-order valence-electron chi connectivity index (χ4n) is 2.05. The van der Waals surface area contributed by atoms with Crippen LogP contribution in [0.3, 0.4) is 0 Å². The van der Waals surface area contributed by atoms with Crippen molar-refractivity contribution in [1.29, 1.82) is 0 Å². The predicted molar refractivity (Wildman–Crippen MR) is 70.5 cm³/mol. The molecule has 0 spiro atoms. The number of carbonyl (C=O) groups excluding carboxylic acids is 1. The number of carbonyl (C=O) groups is 1. The summed E-state index contributed by atoms with van der Waals surface area (Å²) >= 11 is 3.32. The molecule has 2 heterocycles. The topological polar surface area (TPSA) is 85.2 Å². The van der Waals surface area contributed by atoms with Crippen LogP contribution in [0.4, 0.5) is 11.5 Å². The highest BCUT2D eigenvalue weighted by Gasteiger charge is 2.39. The summed E-state index contributed by atoms with van der Waals surface area (Å²) in [5.41, 5.74) is 11.4. The molecule has 4 N–H and O–H groups in total. The standard InChI is InChI=1S/C11H15BrN4O/c1-11(10(14)17)2-3-16(6-11)9-8(13)4-7(12)5-15-9/h4-5H,2-3,6,13H2,1H3,(H2,14,17). The summed E-state index contributed by atoms with van der Waals surface area (Å²) in [6.07, 6.45) is 2.44. The van der Waals surface area contributed by atoms with Gasteiger partial charge in [0, 0.05) is 23.8 Å². The van der Waals surface area contributed by atoms with Crippen LogP contribution < -0.4 is 16.4 Å². The maximum absolute atomic E-state index is 11.4. The first-order valence-electron chi connectivity index (χ1n) is 5.38. The molecule has 1 aromatic heterocycles. The highest BCUT2D eigenvalue weighted by molar-refractivity contribution is 9.10. The van der Waals surface area contributed by atoms with E-state index >= 15 is 0 Å². The van der Waals surface area contributed by atoms with Gasteiger partial charge in [-0.05, 0) is 35.3 Å². The Labute approximate surface area is 108 Å². The molecule has 1 saturated heterocycles. The second kappa shape index (κ2) is 4.18. The first-order chi connectivity index (χ1) is 7.92. The molecule has 1 unspecified atom stereocenters. The lowest BCUT2D eigenvalue weighted by atomic mass is 9.89. The summed E-state index contributed by atoms with van der Waals surface area (Å²) in [5, 5.41) is 0. The van der Waals surface area contributed by atoms with Crippen LogP contribution in [0.2, 0.25) is 0 Å². The van der Waals surface area contributed by atoms with Gasteiger partial charge in [-0.1, -0.05) is 0 Å². The molecule has 1 fully saturated rings. The summed E-state index contributed by atoms with van der Waals surface area (Å²) in [5.74, 6) is 0.453. The van der Waals surface area contributed by atoms with Gasteiger partial charge in [-0.25, -0.2) is 4.98 Å². The van der Waals surface area contributed by atoms with Gasteiger partial charge in [0.25, 0.3) is 0 Å². The fourth-order valence-corrected chi connectivity index (χ4v) is 2.40. The number of primary amides is 1. The van der Waals surface area contributed by atoms with Crippen LogP contribution in [0.15, 0.2) is 16.7 Å². The third kappa shape index (κ3) is 2.22. The smallest absolute Gasteiger partial charge is 0.225 e. The summed E-state index contributed by atoms with van der Waals surface area (Å²) in [7, 11) is 0. The maximum Gasteiger partial charge on any atom is 0.225 e. The van der Waals surface area contributed by atoms with Gasteiger partial charge in [-0.15, -0.1) is 0 Å². The number of amides is 1. The number of rotatable bonds is 2. The van der Waals surface area contributed by atoms with E-state index in [1.165, 1.54) is 0 Å². The van der Waals surface area contributed by atoms with Gasteiger partial charge in [0.2, 0.25) is 5.91 Å². The van der Waals surface area contributed by atoms with Crippen molar-refractivity contribution in [2.75, 3.05) is 23.7 Å². The first-order valence-corrected chi connectivity index (χ1v) is 6.17. The fraction of sp³-hybridized carbons (Fsp3) is 0.455. The molecule has 1 atom stereocenters. The predicted octanol–water partition coefficient (Wildman–Crippen LogP) is 1.13. The van der Waals surface area contributed by atoms with Crippen molar-refractivity contribution in [3.63, 3.8) is 0 Å². The molecule has 1 aliphatic heterocycles. The van der Waals surface area contributed by atoms with E-state index < -0.39 is 5.41 Å². The van der Waals surface area contributed by atoms with E-state index in [2.05, 4.69) is 20.9 Å². The van der Waals surface area contributed by atoms with Gasteiger partial charge in [-0.2, -0.15) is 0 Å². The molecule has 0 radical (unpaired) electrons. The second-order valence-electron chi connectivity index (χ2n) is 4.66. The summed E-state index contributed by atoms with van der Waals surface area (Å²) in [4.78, 5) is 17.7. The third-order valence-corrected chi connectivity index (χ3v) is 3.66. The van der Waals surface area contributed by atoms with Gasteiger partial charge < -0.3 is 16.4 Å². The van der Waals surface area contributed by atoms with E-state index in [9.17, 15) is 4.79 Å². The molecule has 0 saturated carbocycles. The zero-order chi connectivity index (χ0) is 12.6. The Morgan fingerprint density at radius 2 is 2.35 bits per heavy atom. The molecule has 17 heavy (non-hydrogen) atoms. The SMILES string of the molecule is CC1(C(N)=O)CCN(c2ncc(Br)cc2N)C1. The Morgan fingerprint density at radius 1 is 1.65 bits per heavy atom. The van der Waals surface area contributed by atoms with Crippen LogP contribution in [-0.4, -0.2) is 24.0 Å². The van der Waals surface area contributed by atoms with Gasteiger partial charge in [0.1, 0.15) is 0 Å². The van der Waals surface area contributed by atoms with Crippen molar-refractivity contribution < 1.29 is 4.79 Å². The highest BCUT2D eigenvalue weighted by Crippen LogP contribution is 2.34. The lowest BCUT2D eigenvalue weighted by Crippen LogP contribution is -2.37. The second-order valence-corrected chi connectivity index (χ2v) is 5.58. The molecule has 1 aromatic rings. The van der Waals surface area contributed by atoms with Crippen molar-refractivity contribution in [2.24, 2.45) is 11.1 Å². The van der Waals surface area contributed by atoms with Crippen molar-refractivity contribution in [2.45, 2.75) is 13.3 Å². The minimum Gasteiger partial charge on any atom is -0.396 e. The normalized spacial score (nSPS) is 24.0. The Morgan fingerprint density at radius 3 is 2.88 bits per heavy atom. The van der Waals surface area contributed by atoms with Gasteiger partial charge in [0.15, 0.2) is 5.82 Å². The number of nitrogens with zero attached hydrogens (tertiary/aromatic N) is 2. The Kier molecular flexibility index (Phi) is 2.99. The summed E-state index contributed by atoms with van der Waals surface area (Å²) in [6.45, 7) is 3.20. The van der Waals surface area contributed by atoms with Crippen LogP contribution in [0.25, 0.3) is 0 Å². The van der Waals surface area contributed by atoms with E-state index in [1.807, 2.05) is 17.9 Å². The van der Waals surface area contributed by atoms with Crippen molar-refractivity contribution in [3.8, 4) is 0 Å². The number of halogens is 1. The molecule has 6 heteroatoms. The Balaban J connectivity index is 2.24. The highest BCUT2D eigenvalue weighted by atomic mass is 79.9. The van der Waals surface area contributed by atoms with Gasteiger partial charge >= 0.3 is 0 Å². The van der Waals surface area contributed by atoms with Gasteiger partial charge in [0.05, 0.1) is 11.1 Å². The van der Waals surface area contributed by atoms with Crippen LogP contribution in [0.5, 0.6) is 0 Å². The van der Waals surface area contributed by atoms with E-state index in [4.69, 9.17) is 11.5 Å². The van der Waals surface area contributed by atoms with E-state index in [-0.39, 0.29) is 5.91 Å². The molecule has 1 amide bonds. The van der Waals surface area contributed by atoms with Crippen molar-refractivity contribution >= 4 is 33.3 Å². The zero-order valence-corrected chi connectivity index (χ0v) is 11.2. The molecule has 0 aromatic carbocycles. The molecule has 1 aliphatic rings.